The van der Waals surface area contributed by atoms with Crippen LogP contribution in [-0.4, -0.2) is 48.1 Å². The van der Waals surface area contributed by atoms with E-state index in [1.54, 1.807) is 12.1 Å². The number of aromatic carboxylic acids is 1. The van der Waals surface area contributed by atoms with Crippen LogP contribution in [0.25, 0.3) is 0 Å². The predicted molar refractivity (Wildman–Crippen MR) is 66.8 cm³/mol. The molecule has 1 unspecified atom stereocenters. The van der Waals surface area contributed by atoms with Gasteiger partial charge in [0.1, 0.15) is 0 Å². The number of carbonyl (C=O) groups is 2. The molecular formula is C13H16N2O3. The number of carbonyl (C=O) groups excluding carboxylic acids is 1. The summed E-state index contributed by atoms with van der Waals surface area (Å²) in [6.07, 6.45) is 0.931. The van der Waals surface area contributed by atoms with Crippen LogP contribution in [-0.2, 0) is 0 Å². The molecule has 2 rings (SSSR count). The fourth-order valence-electron chi connectivity index (χ4n) is 2.12. The Balaban J connectivity index is 2.04. The first-order valence-corrected chi connectivity index (χ1v) is 5.89. The fourth-order valence-corrected chi connectivity index (χ4v) is 2.12. The van der Waals surface area contributed by atoms with Gasteiger partial charge in [0.15, 0.2) is 0 Å². The number of likely N-dealkylation sites (N-methyl/N-ethyl adjacent to an activating group) is 1. The first kappa shape index (κ1) is 12.6. The summed E-state index contributed by atoms with van der Waals surface area (Å²) in [4.78, 5) is 24.9. The quantitative estimate of drug-likeness (QED) is 0.831. The van der Waals surface area contributed by atoms with E-state index in [9.17, 15) is 9.59 Å². The van der Waals surface area contributed by atoms with E-state index < -0.39 is 5.97 Å². The summed E-state index contributed by atoms with van der Waals surface area (Å²) in [6.45, 7) is 1.81. The Kier molecular flexibility index (Phi) is 3.62. The Morgan fingerprint density at radius 3 is 2.72 bits per heavy atom. The van der Waals surface area contributed by atoms with Crippen molar-refractivity contribution in [1.82, 2.24) is 10.2 Å². The molecule has 1 amide bonds. The Morgan fingerprint density at radius 1 is 1.39 bits per heavy atom. The first-order valence-electron chi connectivity index (χ1n) is 5.89. The summed E-state index contributed by atoms with van der Waals surface area (Å²) in [5.41, 5.74) is 0.524. The molecule has 5 nitrogen and oxygen atoms in total. The molecule has 0 radical (unpaired) electrons. The van der Waals surface area contributed by atoms with Gasteiger partial charge in [-0.25, -0.2) is 4.79 Å². The molecule has 1 aliphatic rings. The van der Waals surface area contributed by atoms with Crippen molar-refractivity contribution < 1.29 is 14.7 Å². The minimum Gasteiger partial charge on any atom is -0.478 e. The number of carboxylic acids is 1. The van der Waals surface area contributed by atoms with Crippen LogP contribution in [0.5, 0.6) is 0 Å². The molecule has 0 aromatic heterocycles. The Labute approximate surface area is 105 Å². The zero-order valence-corrected chi connectivity index (χ0v) is 10.2. The highest BCUT2D eigenvalue weighted by molar-refractivity contribution is 5.97. The minimum absolute atomic E-state index is 0.131. The lowest BCUT2D eigenvalue weighted by Crippen LogP contribution is -2.36. The third-order valence-electron chi connectivity index (χ3n) is 3.10. The molecule has 1 heterocycles. The molecule has 1 aliphatic heterocycles. The number of carboxylic acid groups (broad SMARTS) is 1. The molecule has 5 heteroatoms. The second-order valence-electron chi connectivity index (χ2n) is 4.61. The Morgan fingerprint density at radius 2 is 2.11 bits per heavy atom. The van der Waals surface area contributed by atoms with Crippen LogP contribution in [0.2, 0.25) is 0 Å². The van der Waals surface area contributed by atoms with Crippen molar-refractivity contribution in [3.05, 3.63) is 35.4 Å². The highest BCUT2D eigenvalue weighted by Crippen LogP contribution is 2.09. The van der Waals surface area contributed by atoms with Gasteiger partial charge < -0.3 is 15.3 Å². The highest BCUT2D eigenvalue weighted by Gasteiger charge is 2.21. The van der Waals surface area contributed by atoms with Crippen LogP contribution in [0.15, 0.2) is 24.3 Å². The maximum atomic E-state index is 12.0. The SMILES string of the molecule is CN1CCC(NC(=O)c2cccc(C(=O)O)c2)C1. The zero-order chi connectivity index (χ0) is 13.1. The van der Waals surface area contributed by atoms with Gasteiger partial charge in [-0.15, -0.1) is 0 Å². The number of nitrogens with one attached hydrogen (secondary N) is 1. The average Bonchev–Trinajstić information content (AvgIpc) is 2.75. The van der Waals surface area contributed by atoms with E-state index >= 15 is 0 Å². The molecule has 0 aliphatic carbocycles. The molecule has 96 valence electrons. The smallest absolute Gasteiger partial charge is 0.335 e. The van der Waals surface area contributed by atoms with E-state index in [-0.39, 0.29) is 17.5 Å². The summed E-state index contributed by atoms with van der Waals surface area (Å²) >= 11 is 0. The van der Waals surface area contributed by atoms with Crippen LogP contribution in [0, 0.1) is 0 Å². The van der Waals surface area contributed by atoms with E-state index in [1.807, 2.05) is 7.05 Å². The summed E-state index contributed by atoms with van der Waals surface area (Å²) < 4.78 is 0. The van der Waals surface area contributed by atoms with Gasteiger partial charge in [0.2, 0.25) is 0 Å². The van der Waals surface area contributed by atoms with Gasteiger partial charge in [-0.1, -0.05) is 6.07 Å². The molecule has 2 N–H and O–H groups in total. The van der Waals surface area contributed by atoms with Crippen molar-refractivity contribution in [2.45, 2.75) is 12.5 Å². The molecule has 0 bridgehead atoms. The first-order chi connectivity index (χ1) is 8.56. The van der Waals surface area contributed by atoms with Crippen molar-refractivity contribution >= 4 is 11.9 Å². The average molecular weight is 248 g/mol. The van der Waals surface area contributed by atoms with Gasteiger partial charge in [-0.2, -0.15) is 0 Å². The molecule has 18 heavy (non-hydrogen) atoms. The molecule has 1 atom stereocenters. The van der Waals surface area contributed by atoms with E-state index in [2.05, 4.69) is 10.2 Å². The van der Waals surface area contributed by atoms with Gasteiger partial charge in [-0.3, -0.25) is 4.79 Å². The minimum atomic E-state index is -1.02. The largest absolute Gasteiger partial charge is 0.478 e. The summed E-state index contributed by atoms with van der Waals surface area (Å²) in [5.74, 6) is -1.23. The lowest BCUT2D eigenvalue weighted by molar-refractivity contribution is 0.0697. The summed E-state index contributed by atoms with van der Waals surface area (Å²) in [5, 5.41) is 11.8. The number of likely N-dealkylation sites (tertiary alicyclic amines) is 1. The van der Waals surface area contributed by atoms with Crippen molar-refractivity contribution in [1.29, 1.82) is 0 Å². The van der Waals surface area contributed by atoms with E-state index in [1.165, 1.54) is 12.1 Å². The fraction of sp³-hybridized carbons (Fsp3) is 0.385. The number of hydrogen-bond acceptors (Lipinski definition) is 3. The van der Waals surface area contributed by atoms with E-state index in [0.717, 1.165) is 19.5 Å². The molecule has 1 fully saturated rings. The van der Waals surface area contributed by atoms with Crippen molar-refractivity contribution in [3.8, 4) is 0 Å². The molecule has 0 spiro atoms. The van der Waals surface area contributed by atoms with Crippen LogP contribution in [0.3, 0.4) is 0 Å². The molecule has 1 aromatic carbocycles. The second kappa shape index (κ2) is 5.18. The van der Waals surface area contributed by atoms with Crippen molar-refractivity contribution in [3.63, 3.8) is 0 Å². The van der Waals surface area contributed by atoms with E-state index in [0.29, 0.717) is 5.56 Å². The third-order valence-corrected chi connectivity index (χ3v) is 3.10. The van der Waals surface area contributed by atoms with E-state index in [4.69, 9.17) is 5.11 Å². The summed E-state index contributed by atoms with van der Waals surface area (Å²) in [7, 11) is 2.01. The molecule has 1 aromatic rings. The number of nitrogens with zero attached hydrogens (tertiary/aromatic N) is 1. The highest BCUT2D eigenvalue weighted by atomic mass is 16.4. The van der Waals surface area contributed by atoms with Gasteiger partial charge >= 0.3 is 5.97 Å². The Hall–Kier alpha value is -1.88. The van der Waals surface area contributed by atoms with Gasteiger partial charge in [-0.05, 0) is 38.2 Å². The van der Waals surface area contributed by atoms with Crippen LogP contribution < -0.4 is 5.32 Å². The van der Waals surface area contributed by atoms with Gasteiger partial charge in [0, 0.05) is 18.2 Å². The number of hydrogen-bond donors (Lipinski definition) is 2. The maximum absolute atomic E-state index is 12.0. The Bertz CT molecular complexity index is 473. The monoisotopic (exact) mass is 248 g/mol. The van der Waals surface area contributed by atoms with Crippen LogP contribution >= 0.6 is 0 Å². The van der Waals surface area contributed by atoms with Crippen LogP contribution in [0.4, 0.5) is 0 Å². The van der Waals surface area contributed by atoms with Crippen LogP contribution in [0.1, 0.15) is 27.1 Å². The van der Waals surface area contributed by atoms with Crippen molar-refractivity contribution in [2.75, 3.05) is 20.1 Å². The maximum Gasteiger partial charge on any atom is 0.335 e. The predicted octanol–water partition coefficient (Wildman–Crippen LogP) is 0.819. The van der Waals surface area contributed by atoms with Crippen molar-refractivity contribution in [2.24, 2.45) is 0 Å². The second-order valence-corrected chi connectivity index (χ2v) is 4.61. The topological polar surface area (TPSA) is 69.6 Å². The summed E-state index contributed by atoms with van der Waals surface area (Å²) in [6, 6.07) is 6.23. The molecule has 0 saturated carbocycles. The molecular weight excluding hydrogens is 232 g/mol. The normalized spacial score (nSPS) is 19.7. The molecule has 1 saturated heterocycles. The van der Waals surface area contributed by atoms with Gasteiger partial charge in [0.05, 0.1) is 5.56 Å². The lowest BCUT2D eigenvalue weighted by Gasteiger charge is -2.13. The third kappa shape index (κ3) is 2.87. The van der Waals surface area contributed by atoms with Gasteiger partial charge in [0.25, 0.3) is 5.91 Å². The number of amides is 1. The zero-order valence-electron chi connectivity index (χ0n) is 10.2. The number of benzene rings is 1. The lowest BCUT2D eigenvalue weighted by atomic mass is 10.1. The number of rotatable bonds is 3. The standard InChI is InChI=1S/C13H16N2O3/c1-15-6-5-11(8-15)14-12(16)9-3-2-4-10(7-9)13(17)18/h2-4,7,11H,5-6,8H2,1H3,(H,14,16)(H,17,18).